The maximum atomic E-state index is 13.3. The Hall–Kier alpha value is -3.69. The van der Waals surface area contributed by atoms with Crippen LogP contribution in [0.25, 0.3) is 0 Å². The molecule has 4 rings (SSSR count). The third-order valence-electron chi connectivity index (χ3n) is 9.03. The molecule has 2 aliphatic carbocycles. The Morgan fingerprint density at radius 3 is 2.45 bits per heavy atom. The highest BCUT2D eigenvalue weighted by Crippen LogP contribution is 2.45. The Morgan fingerprint density at radius 2 is 1.79 bits per heavy atom. The standard InChI is InChI=1S/C32H47N5O9S/c1-2-21-19-32(21,36-28(39)26-18-22(38)20-34-26)30(42)37-47(44,45)27-16-10-9-14-24(27)33-17-11-5-3-4-6-15-25(29(40)41)35-31(43)46-23-12-7-8-13-23/h2,9-10,14,16,21-23,25-26,33-34,38H,1,3-8,11-13,15,17-20H2,(H,35,43)(H,36,39)(H,37,42)(H,40,41)/t21-,22-,25+,26+,32-/m1/s1. The van der Waals surface area contributed by atoms with Gasteiger partial charge < -0.3 is 36.2 Å². The zero-order valence-corrected chi connectivity index (χ0v) is 27.4. The molecule has 3 amide bonds. The van der Waals surface area contributed by atoms with Crippen molar-refractivity contribution in [3.05, 3.63) is 36.9 Å². The highest BCUT2D eigenvalue weighted by molar-refractivity contribution is 7.90. The molecule has 47 heavy (non-hydrogen) atoms. The smallest absolute Gasteiger partial charge is 0.408 e. The molecule has 1 heterocycles. The number of hydrogen-bond donors (Lipinski definition) is 7. The number of hydrogen-bond acceptors (Lipinski definition) is 10. The van der Waals surface area contributed by atoms with Gasteiger partial charge in [0.15, 0.2) is 0 Å². The molecule has 0 spiro atoms. The lowest BCUT2D eigenvalue weighted by atomic mass is 10.1. The van der Waals surface area contributed by atoms with E-state index in [-0.39, 0.29) is 30.4 Å². The zero-order valence-electron chi connectivity index (χ0n) is 26.5. The lowest BCUT2D eigenvalue weighted by molar-refractivity contribution is -0.139. The van der Waals surface area contributed by atoms with Crippen LogP contribution in [0.4, 0.5) is 10.5 Å². The van der Waals surface area contributed by atoms with E-state index in [2.05, 4.69) is 32.6 Å². The van der Waals surface area contributed by atoms with Gasteiger partial charge in [-0.05, 0) is 63.5 Å². The van der Waals surface area contributed by atoms with E-state index in [1.165, 1.54) is 12.1 Å². The lowest BCUT2D eigenvalue weighted by Crippen LogP contribution is -2.55. The molecule has 1 saturated heterocycles. The highest BCUT2D eigenvalue weighted by Gasteiger charge is 2.61. The summed E-state index contributed by atoms with van der Waals surface area (Å²) in [4.78, 5) is 49.6. The van der Waals surface area contributed by atoms with Gasteiger partial charge in [-0.1, -0.05) is 43.9 Å². The summed E-state index contributed by atoms with van der Waals surface area (Å²) < 4.78 is 34.1. The minimum absolute atomic E-state index is 0.107. The first kappa shape index (κ1) is 36.2. The van der Waals surface area contributed by atoms with Gasteiger partial charge in [0, 0.05) is 19.0 Å². The van der Waals surface area contributed by atoms with Gasteiger partial charge in [-0.2, -0.15) is 0 Å². The molecule has 0 radical (unpaired) electrons. The van der Waals surface area contributed by atoms with Crippen LogP contribution in [0, 0.1) is 5.92 Å². The van der Waals surface area contributed by atoms with E-state index < -0.39 is 63.5 Å². The Morgan fingerprint density at radius 1 is 1.09 bits per heavy atom. The van der Waals surface area contributed by atoms with Crippen LogP contribution in [-0.4, -0.2) is 85.4 Å². The minimum atomic E-state index is -4.30. The van der Waals surface area contributed by atoms with Gasteiger partial charge in [-0.3, -0.25) is 9.59 Å². The van der Waals surface area contributed by atoms with Gasteiger partial charge >= 0.3 is 12.1 Å². The van der Waals surface area contributed by atoms with E-state index in [0.717, 1.165) is 51.4 Å². The average Bonchev–Trinajstić information content (AvgIpc) is 3.29. The van der Waals surface area contributed by atoms with Gasteiger partial charge in [-0.15, -0.1) is 6.58 Å². The number of alkyl carbamates (subject to hydrolysis) is 1. The number of rotatable bonds is 18. The minimum Gasteiger partial charge on any atom is -0.480 e. The molecule has 3 aliphatic rings. The molecule has 0 bridgehead atoms. The maximum absolute atomic E-state index is 13.3. The van der Waals surface area contributed by atoms with Crippen LogP contribution < -0.4 is 26.0 Å². The van der Waals surface area contributed by atoms with Crippen molar-refractivity contribution in [2.24, 2.45) is 5.92 Å². The van der Waals surface area contributed by atoms with Gasteiger partial charge in [-0.25, -0.2) is 22.7 Å². The van der Waals surface area contributed by atoms with Crippen molar-refractivity contribution in [3.8, 4) is 0 Å². The molecular formula is C32H47N5O9S. The Kier molecular flexibility index (Phi) is 12.6. The van der Waals surface area contributed by atoms with E-state index in [1.54, 1.807) is 18.2 Å². The number of carbonyl (C=O) groups excluding carboxylic acids is 3. The van der Waals surface area contributed by atoms with Gasteiger partial charge in [0.25, 0.3) is 15.9 Å². The van der Waals surface area contributed by atoms with E-state index in [9.17, 15) is 37.8 Å². The Balaban J connectivity index is 1.20. The molecule has 7 N–H and O–H groups in total. The van der Waals surface area contributed by atoms with Gasteiger partial charge in [0.2, 0.25) is 5.91 Å². The average molecular weight is 678 g/mol. The molecule has 15 heteroatoms. The molecular weight excluding hydrogens is 630 g/mol. The highest BCUT2D eigenvalue weighted by atomic mass is 32.2. The van der Waals surface area contributed by atoms with Crippen molar-refractivity contribution in [1.82, 2.24) is 20.7 Å². The van der Waals surface area contributed by atoms with Crippen molar-refractivity contribution < 1.29 is 42.5 Å². The second kappa shape index (κ2) is 16.4. The number of para-hydroxylation sites is 1. The number of carbonyl (C=O) groups is 4. The summed E-state index contributed by atoms with van der Waals surface area (Å²) in [5, 5.41) is 30.4. The number of aliphatic hydroxyl groups excluding tert-OH is 1. The summed E-state index contributed by atoms with van der Waals surface area (Å²) in [5.74, 6) is -2.87. The summed E-state index contributed by atoms with van der Waals surface area (Å²) in [6.07, 6.45) is 8.07. The molecule has 1 aliphatic heterocycles. The van der Waals surface area contributed by atoms with Crippen LogP contribution in [-0.2, 0) is 29.1 Å². The van der Waals surface area contributed by atoms with E-state index in [0.29, 0.717) is 25.1 Å². The zero-order chi connectivity index (χ0) is 34.0. The van der Waals surface area contributed by atoms with E-state index >= 15 is 0 Å². The number of sulfonamides is 1. The van der Waals surface area contributed by atoms with Gasteiger partial charge in [0.05, 0.1) is 17.8 Å². The summed E-state index contributed by atoms with van der Waals surface area (Å²) in [5.41, 5.74) is -1.12. The number of ether oxygens (including phenoxy) is 1. The fourth-order valence-electron chi connectivity index (χ4n) is 6.19. The van der Waals surface area contributed by atoms with Crippen molar-refractivity contribution >= 4 is 39.6 Å². The summed E-state index contributed by atoms with van der Waals surface area (Å²) in [6, 6.07) is 4.54. The predicted molar refractivity (Wildman–Crippen MR) is 173 cm³/mol. The van der Waals surface area contributed by atoms with Crippen LogP contribution in [0.5, 0.6) is 0 Å². The number of aliphatic hydroxyl groups is 1. The maximum Gasteiger partial charge on any atom is 0.408 e. The molecule has 2 saturated carbocycles. The van der Waals surface area contributed by atoms with Crippen LogP contribution in [0.15, 0.2) is 41.8 Å². The van der Waals surface area contributed by atoms with Crippen molar-refractivity contribution in [3.63, 3.8) is 0 Å². The molecule has 1 aromatic rings. The molecule has 3 fully saturated rings. The quantitative estimate of drug-likeness (QED) is 0.0884. The Bertz CT molecular complexity index is 1400. The molecule has 14 nitrogen and oxygen atoms in total. The number of carboxylic acids is 1. The number of amides is 3. The second-order valence-electron chi connectivity index (χ2n) is 12.6. The topological polar surface area (TPSA) is 212 Å². The van der Waals surface area contributed by atoms with E-state index in [1.807, 2.05) is 0 Å². The number of unbranched alkanes of at least 4 members (excludes halogenated alkanes) is 4. The first-order chi connectivity index (χ1) is 22.4. The second-order valence-corrected chi connectivity index (χ2v) is 14.3. The third kappa shape index (κ3) is 9.91. The predicted octanol–water partition coefficient (Wildman–Crippen LogP) is 2.15. The monoisotopic (exact) mass is 677 g/mol. The largest absolute Gasteiger partial charge is 0.480 e. The van der Waals surface area contributed by atoms with Crippen molar-refractivity contribution in [1.29, 1.82) is 0 Å². The van der Waals surface area contributed by atoms with E-state index in [4.69, 9.17) is 4.74 Å². The fraction of sp³-hybridized carbons (Fsp3) is 0.625. The molecule has 0 aromatic heterocycles. The van der Waals surface area contributed by atoms with Crippen LogP contribution in [0.1, 0.15) is 77.0 Å². The van der Waals surface area contributed by atoms with Crippen molar-refractivity contribution in [2.45, 2.75) is 112 Å². The number of nitrogens with one attached hydrogen (secondary N) is 5. The van der Waals surface area contributed by atoms with Crippen molar-refractivity contribution in [2.75, 3.05) is 18.4 Å². The van der Waals surface area contributed by atoms with Crippen LogP contribution in [0.3, 0.4) is 0 Å². The first-order valence-electron chi connectivity index (χ1n) is 16.4. The summed E-state index contributed by atoms with van der Waals surface area (Å²) in [6.45, 7) is 4.42. The molecule has 5 atom stereocenters. The van der Waals surface area contributed by atoms with Crippen LogP contribution >= 0.6 is 0 Å². The normalized spacial score (nSPS) is 24.6. The number of anilines is 1. The summed E-state index contributed by atoms with van der Waals surface area (Å²) >= 11 is 0. The first-order valence-corrected chi connectivity index (χ1v) is 17.9. The number of carboxylic acid groups (broad SMARTS) is 1. The number of benzene rings is 1. The molecule has 260 valence electrons. The molecule has 1 aromatic carbocycles. The number of aliphatic carboxylic acids is 1. The Labute approximate surface area is 275 Å². The molecule has 0 unspecified atom stereocenters. The lowest BCUT2D eigenvalue weighted by Gasteiger charge is -2.21. The van der Waals surface area contributed by atoms with Crippen LogP contribution in [0.2, 0.25) is 0 Å². The third-order valence-corrected chi connectivity index (χ3v) is 10.4. The number of β-amino-alcohol motifs (C(OH)–C–C–N with tert-alkyl or cyclic N) is 1. The van der Waals surface area contributed by atoms with Gasteiger partial charge in [0.1, 0.15) is 22.6 Å². The summed E-state index contributed by atoms with van der Waals surface area (Å²) in [7, 11) is -4.30. The SMILES string of the molecule is C=C[C@@H]1C[C@]1(NC(=O)[C@@H]1C[C@@H](O)CN1)C(=O)NS(=O)(=O)c1ccccc1NCCCCCCC[C@H](NC(=O)OC1CCCC1)C(=O)O. The fourth-order valence-corrected chi connectivity index (χ4v) is 7.41.